The van der Waals surface area contributed by atoms with Crippen LogP contribution in [0.3, 0.4) is 0 Å². The van der Waals surface area contributed by atoms with Crippen LogP contribution in [-0.2, 0) is 6.54 Å². The molecule has 2 rings (SSSR count). The molecule has 0 saturated carbocycles. The van der Waals surface area contributed by atoms with Crippen molar-refractivity contribution < 1.29 is 24.0 Å². The molecule has 126 valence electrons. The molecule has 0 aliphatic heterocycles. The van der Waals surface area contributed by atoms with E-state index in [1.807, 2.05) is 0 Å². The molecule has 0 unspecified atom stereocenters. The molecule has 1 amide bonds. The fraction of sp³-hybridized carbons (Fsp3) is 0.250. The van der Waals surface area contributed by atoms with Crippen LogP contribution in [0, 0.1) is 24.0 Å². The van der Waals surface area contributed by atoms with Gasteiger partial charge in [0.25, 0.3) is 11.6 Å². The van der Waals surface area contributed by atoms with Crippen LogP contribution in [-0.4, -0.2) is 33.9 Å². The zero-order valence-corrected chi connectivity index (χ0v) is 13.4. The largest absolute Gasteiger partial charge is 0.478 e. The summed E-state index contributed by atoms with van der Waals surface area (Å²) in [5.74, 6) is -1.14. The monoisotopic (exact) mass is 332 g/mol. The topological polar surface area (TPSA) is 114 Å². The van der Waals surface area contributed by atoms with E-state index >= 15 is 0 Å². The molecule has 24 heavy (non-hydrogen) atoms. The maximum Gasteiger partial charge on any atom is 0.339 e. The number of furan rings is 1. The van der Waals surface area contributed by atoms with Gasteiger partial charge in [-0.1, -0.05) is 6.07 Å². The molecule has 0 fully saturated rings. The van der Waals surface area contributed by atoms with E-state index in [0.29, 0.717) is 0 Å². The zero-order chi connectivity index (χ0) is 18.0. The first-order chi connectivity index (χ1) is 11.2. The molecule has 1 aromatic heterocycles. The fourth-order valence-corrected chi connectivity index (χ4v) is 2.33. The summed E-state index contributed by atoms with van der Waals surface area (Å²) in [4.78, 5) is 35.3. The highest BCUT2D eigenvalue weighted by atomic mass is 16.6. The van der Waals surface area contributed by atoms with E-state index in [2.05, 4.69) is 0 Å². The summed E-state index contributed by atoms with van der Waals surface area (Å²) >= 11 is 0. The maximum atomic E-state index is 12.5. The van der Waals surface area contributed by atoms with E-state index in [1.165, 1.54) is 37.1 Å². The average Bonchev–Trinajstić information content (AvgIpc) is 2.86. The van der Waals surface area contributed by atoms with Crippen molar-refractivity contribution in [2.45, 2.75) is 20.4 Å². The predicted molar refractivity (Wildman–Crippen MR) is 84.0 cm³/mol. The number of nitrogens with zero attached hydrogens (tertiary/aromatic N) is 2. The Bertz CT molecular complexity index is 824. The summed E-state index contributed by atoms with van der Waals surface area (Å²) in [5, 5.41) is 20.1. The number of aryl methyl sites for hydroxylation is 2. The van der Waals surface area contributed by atoms with Crippen LogP contribution in [0.25, 0.3) is 0 Å². The standard InChI is InChI=1S/C16H16N2O6/c1-9-4-5-14(18(22)23)13(6-9)15(19)17(3)8-11-7-12(16(20)21)10(2)24-11/h4-7H,8H2,1-3H3,(H,20,21). The lowest BCUT2D eigenvalue weighted by atomic mass is 10.1. The quantitative estimate of drug-likeness (QED) is 0.665. The third-order valence-corrected chi connectivity index (χ3v) is 3.52. The number of aromatic carboxylic acids is 1. The average molecular weight is 332 g/mol. The Kier molecular flexibility index (Phi) is 4.68. The number of carboxylic acid groups (broad SMARTS) is 1. The molecule has 2 aromatic rings. The number of hydrogen-bond donors (Lipinski definition) is 1. The lowest BCUT2D eigenvalue weighted by Crippen LogP contribution is -2.26. The Balaban J connectivity index is 2.27. The Morgan fingerprint density at radius 1 is 1.25 bits per heavy atom. The molecule has 0 saturated heterocycles. The highest BCUT2D eigenvalue weighted by molar-refractivity contribution is 5.98. The second-order valence-electron chi connectivity index (χ2n) is 5.43. The highest BCUT2D eigenvalue weighted by Crippen LogP contribution is 2.23. The third kappa shape index (κ3) is 3.43. The van der Waals surface area contributed by atoms with Gasteiger partial charge in [-0.05, 0) is 31.5 Å². The molecule has 8 heteroatoms. The lowest BCUT2D eigenvalue weighted by Gasteiger charge is -2.16. The van der Waals surface area contributed by atoms with Crippen LogP contribution in [0.5, 0.6) is 0 Å². The minimum atomic E-state index is -1.12. The SMILES string of the molecule is Cc1ccc([N+](=O)[O-])c(C(=O)N(C)Cc2cc(C(=O)O)c(C)o2)c1. The first kappa shape index (κ1) is 17.2. The van der Waals surface area contributed by atoms with Crippen LogP contribution in [0.1, 0.15) is 37.8 Å². The van der Waals surface area contributed by atoms with Crippen LogP contribution in [0.4, 0.5) is 5.69 Å². The van der Waals surface area contributed by atoms with Gasteiger partial charge in [-0.25, -0.2) is 4.79 Å². The number of carbonyl (C=O) groups excluding carboxylic acids is 1. The van der Waals surface area contributed by atoms with Crippen molar-refractivity contribution >= 4 is 17.6 Å². The van der Waals surface area contributed by atoms with Crippen LogP contribution in [0.15, 0.2) is 28.7 Å². The normalized spacial score (nSPS) is 10.5. The Labute approximate surface area is 137 Å². The molecule has 0 atom stereocenters. The molecular formula is C16H16N2O6. The van der Waals surface area contributed by atoms with Gasteiger partial charge in [-0.3, -0.25) is 14.9 Å². The van der Waals surface area contributed by atoms with Gasteiger partial charge in [-0.15, -0.1) is 0 Å². The van der Waals surface area contributed by atoms with Gasteiger partial charge in [0, 0.05) is 13.1 Å². The van der Waals surface area contributed by atoms with Gasteiger partial charge in [0.05, 0.1) is 11.5 Å². The smallest absolute Gasteiger partial charge is 0.339 e. The number of carbonyl (C=O) groups is 2. The number of hydrogen-bond acceptors (Lipinski definition) is 5. The number of nitro groups is 1. The van der Waals surface area contributed by atoms with Crippen LogP contribution in [0.2, 0.25) is 0 Å². The first-order valence-corrected chi connectivity index (χ1v) is 7.03. The number of nitro benzene ring substituents is 1. The molecule has 0 aliphatic carbocycles. The lowest BCUT2D eigenvalue weighted by molar-refractivity contribution is -0.385. The Hall–Kier alpha value is -3.16. The summed E-state index contributed by atoms with van der Waals surface area (Å²) in [6, 6.07) is 5.64. The van der Waals surface area contributed by atoms with Crippen molar-refractivity contribution in [3.63, 3.8) is 0 Å². The molecule has 0 radical (unpaired) electrons. The highest BCUT2D eigenvalue weighted by Gasteiger charge is 2.24. The fourth-order valence-electron chi connectivity index (χ4n) is 2.33. The van der Waals surface area contributed by atoms with Crippen molar-refractivity contribution in [1.29, 1.82) is 0 Å². The second-order valence-corrected chi connectivity index (χ2v) is 5.43. The number of carboxylic acids is 1. The van der Waals surface area contributed by atoms with Crippen molar-refractivity contribution in [3.05, 3.63) is 62.6 Å². The summed E-state index contributed by atoms with van der Waals surface area (Å²) in [6.45, 7) is 3.24. The van der Waals surface area contributed by atoms with E-state index < -0.39 is 16.8 Å². The number of benzene rings is 1. The summed E-state index contributed by atoms with van der Waals surface area (Å²) in [6.07, 6.45) is 0. The molecule has 1 aromatic carbocycles. The molecule has 0 bridgehead atoms. The molecular weight excluding hydrogens is 316 g/mol. The van der Waals surface area contributed by atoms with Gasteiger partial charge < -0.3 is 14.4 Å². The first-order valence-electron chi connectivity index (χ1n) is 7.03. The molecule has 1 heterocycles. The Morgan fingerprint density at radius 2 is 1.92 bits per heavy atom. The summed E-state index contributed by atoms with van der Waals surface area (Å²) < 4.78 is 5.33. The van der Waals surface area contributed by atoms with E-state index in [4.69, 9.17) is 9.52 Å². The van der Waals surface area contributed by atoms with Gasteiger partial charge in [0.2, 0.25) is 0 Å². The van der Waals surface area contributed by atoms with Gasteiger partial charge in [-0.2, -0.15) is 0 Å². The molecule has 1 N–H and O–H groups in total. The van der Waals surface area contributed by atoms with Crippen molar-refractivity contribution in [2.24, 2.45) is 0 Å². The Morgan fingerprint density at radius 3 is 2.46 bits per heavy atom. The number of amides is 1. The predicted octanol–water partition coefficient (Wildman–Crippen LogP) is 2.78. The van der Waals surface area contributed by atoms with Gasteiger partial charge in [0.15, 0.2) is 0 Å². The second kappa shape index (κ2) is 6.53. The van der Waals surface area contributed by atoms with Gasteiger partial charge in [0.1, 0.15) is 22.6 Å². The van der Waals surface area contributed by atoms with E-state index in [9.17, 15) is 19.7 Å². The minimum Gasteiger partial charge on any atom is -0.478 e. The van der Waals surface area contributed by atoms with E-state index in [-0.39, 0.29) is 34.9 Å². The third-order valence-electron chi connectivity index (χ3n) is 3.52. The molecule has 8 nitrogen and oxygen atoms in total. The van der Waals surface area contributed by atoms with E-state index in [0.717, 1.165) is 5.56 Å². The van der Waals surface area contributed by atoms with Crippen molar-refractivity contribution in [2.75, 3.05) is 7.05 Å². The molecule has 0 aliphatic rings. The van der Waals surface area contributed by atoms with Crippen LogP contribution < -0.4 is 0 Å². The van der Waals surface area contributed by atoms with E-state index in [1.54, 1.807) is 13.0 Å². The zero-order valence-electron chi connectivity index (χ0n) is 13.4. The summed E-state index contributed by atoms with van der Waals surface area (Å²) in [5.41, 5.74) is 0.440. The maximum absolute atomic E-state index is 12.5. The van der Waals surface area contributed by atoms with Crippen LogP contribution >= 0.6 is 0 Å². The minimum absolute atomic E-state index is 0.00193. The van der Waals surface area contributed by atoms with Crippen molar-refractivity contribution in [3.8, 4) is 0 Å². The summed E-state index contributed by atoms with van der Waals surface area (Å²) in [7, 11) is 1.46. The van der Waals surface area contributed by atoms with Gasteiger partial charge >= 0.3 is 5.97 Å². The van der Waals surface area contributed by atoms with Crippen molar-refractivity contribution in [1.82, 2.24) is 4.90 Å². The number of rotatable bonds is 5. The molecule has 0 spiro atoms.